The first kappa shape index (κ1) is 33.0. The van der Waals surface area contributed by atoms with Gasteiger partial charge in [0, 0.05) is 37.6 Å². The number of ether oxygens (including phenoxy) is 4. The third kappa shape index (κ3) is 9.11. The molecule has 0 aliphatic carbocycles. The van der Waals surface area contributed by atoms with Crippen molar-refractivity contribution in [3.05, 3.63) is 192 Å². The van der Waals surface area contributed by atoms with Crippen LogP contribution in [-0.2, 0) is 35.7 Å². The summed E-state index contributed by atoms with van der Waals surface area (Å²) in [4.78, 5) is 4.75. The van der Waals surface area contributed by atoms with Crippen molar-refractivity contribution in [3.63, 3.8) is 0 Å². The highest BCUT2D eigenvalue weighted by Gasteiger charge is 2.31. The van der Waals surface area contributed by atoms with Gasteiger partial charge in [0.15, 0.2) is 0 Å². The standard InChI is InChI=1S/C44H42N2O4/c1-5-13-35(14-6-1)31-45(39-17-9-3-10-18-39)33-37-21-25-41(26-22-37)49-43-44(48-30-29-47-43)50-42-27-23-38(24-28-42)34-46(40-19-11-4-12-20-40)32-36-15-7-2-8-16-36/h1-28,43-44H,29-34H2/t43-,44+. The molecule has 0 amide bonds. The summed E-state index contributed by atoms with van der Waals surface area (Å²) < 4.78 is 24.5. The molecule has 0 radical (unpaired) electrons. The predicted octanol–water partition coefficient (Wildman–Crippen LogP) is 9.26. The summed E-state index contributed by atoms with van der Waals surface area (Å²) in [5, 5.41) is 0. The minimum atomic E-state index is -0.701. The first-order chi connectivity index (χ1) is 24.7. The van der Waals surface area contributed by atoms with Crippen LogP contribution in [0.2, 0.25) is 0 Å². The molecule has 1 saturated heterocycles. The molecule has 0 spiro atoms. The summed E-state index contributed by atoms with van der Waals surface area (Å²) in [5.41, 5.74) is 7.25. The van der Waals surface area contributed by atoms with Crippen LogP contribution < -0.4 is 19.3 Å². The van der Waals surface area contributed by atoms with E-state index in [0.717, 1.165) is 26.2 Å². The van der Waals surface area contributed by atoms with E-state index in [0.29, 0.717) is 24.7 Å². The lowest BCUT2D eigenvalue weighted by molar-refractivity contribution is -0.271. The lowest BCUT2D eigenvalue weighted by Gasteiger charge is -2.32. The number of anilines is 2. The maximum atomic E-state index is 6.27. The van der Waals surface area contributed by atoms with Gasteiger partial charge in [0.25, 0.3) is 12.6 Å². The number of benzene rings is 6. The Kier molecular flexibility index (Phi) is 11.0. The molecule has 1 heterocycles. The van der Waals surface area contributed by atoms with Gasteiger partial charge in [-0.05, 0) is 70.8 Å². The molecule has 0 aromatic heterocycles. The zero-order valence-electron chi connectivity index (χ0n) is 28.1. The van der Waals surface area contributed by atoms with E-state index >= 15 is 0 Å². The Bertz CT molecular complexity index is 1720. The quantitative estimate of drug-likeness (QED) is 0.116. The first-order valence-electron chi connectivity index (χ1n) is 17.2. The Balaban J connectivity index is 0.975. The van der Waals surface area contributed by atoms with Crippen molar-refractivity contribution in [1.82, 2.24) is 0 Å². The van der Waals surface area contributed by atoms with Crippen molar-refractivity contribution in [2.45, 2.75) is 38.8 Å². The van der Waals surface area contributed by atoms with Crippen molar-refractivity contribution in [2.24, 2.45) is 0 Å². The molecule has 7 rings (SSSR count). The Hall–Kier alpha value is -5.56. The van der Waals surface area contributed by atoms with Crippen LogP contribution in [0.1, 0.15) is 22.3 Å². The second kappa shape index (κ2) is 16.7. The van der Waals surface area contributed by atoms with E-state index in [2.05, 4.69) is 143 Å². The van der Waals surface area contributed by atoms with Crippen molar-refractivity contribution < 1.29 is 18.9 Å². The summed E-state index contributed by atoms with van der Waals surface area (Å²) in [5.74, 6) is 1.39. The van der Waals surface area contributed by atoms with Gasteiger partial charge < -0.3 is 28.7 Å². The van der Waals surface area contributed by atoms with Crippen LogP contribution in [0.25, 0.3) is 0 Å². The minimum absolute atomic E-state index is 0.434. The van der Waals surface area contributed by atoms with Gasteiger partial charge in [0.1, 0.15) is 11.5 Å². The van der Waals surface area contributed by atoms with E-state index in [9.17, 15) is 0 Å². The van der Waals surface area contributed by atoms with Gasteiger partial charge in [-0.2, -0.15) is 0 Å². The molecule has 1 aliphatic heterocycles. The molecule has 0 saturated carbocycles. The molecule has 252 valence electrons. The highest BCUT2D eigenvalue weighted by Crippen LogP contribution is 2.26. The fourth-order valence-corrected chi connectivity index (χ4v) is 6.08. The highest BCUT2D eigenvalue weighted by molar-refractivity contribution is 5.49. The lowest BCUT2D eigenvalue weighted by atomic mass is 10.1. The summed E-state index contributed by atoms with van der Waals surface area (Å²) in [6, 6.07) is 58.5. The highest BCUT2D eigenvalue weighted by atomic mass is 16.8. The average molecular weight is 663 g/mol. The van der Waals surface area contributed by atoms with Crippen molar-refractivity contribution in [1.29, 1.82) is 0 Å². The van der Waals surface area contributed by atoms with E-state index in [1.807, 2.05) is 36.4 Å². The number of hydrogen-bond donors (Lipinski definition) is 0. The van der Waals surface area contributed by atoms with Crippen LogP contribution in [0, 0.1) is 0 Å². The third-order valence-corrected chi connectivity index (χ3v) is 8.64. The normalized spacial score (nSPS) is 15.6. The van der Waals surface area contributed by atoms with Crippen LogP contribution >= 0.6 is 0 Å². The summed E-state index contributed by atoms with van der Waals surface area (Å²) in [6.45, 7) is 4.02. The van der Waals surface area contributed by atoms with E-state index in [-0.39, 0.29) is 0 Å². The van der Waals surface area contributed by atoms with Gasteiger partial charge >= 0.3 is 0 Å². The molecular weight excluding hydrogens is 620 g/mol. The zero-order chi connectivity index (χ0) is 33.8. The molecule has 0 N–H and O–H groups in total. The molecule has 0 bridgehead atoms. The molecule has 6 heteroatoms. The molecule has 6 aromatic carbocycles. The Morgan fingerprint density at radius 2 is 0.680 bits per heavy atom. The molecule has 1 aliphatic rings. The van der Waals surface area contributed by atoms with Crippen molar-refractivity contribution >= 4 is 11.4 Å². The van der Waals surface area contributed by atoms with Gasteiger partial charge in [0.05, 0.1) is 13.2 Å². The second-order valence-electron chi connectivity index (χ2n) is 12.4. The average Bonchev–Trinajstić information content (AvgIpc) is 3.18. The van der Waals surface area contributed by atoms with Gasteiger partial charge in [-0.1, -0.05) is 121 Å². The van der Waals surface area contributed by atoms with E-state index in [1.54, 1.807) is 0 Å². The molecule has 2 atom stereocenters. The maximum Gasteiger partial charge on any atom is 0.263 e. The van der Waals surface area contributed by atoms with Crippen LogP contribution in [0.5, 0.6) is 11.5 Å². The Morgan fingerprint density at radius 1 is 0.380 bits per heavy atom. The largest absolute Gasteiger partial charge is 0.458 e. The van der Waals surface area contributed by atoms with Crippen molar-refractivity contribution in [3.8, 4) is 11.5 Å². The molecule has 6 nitrogen and oxygen atoms in total. The van der Waals surface area contributed by atoms with Crippen molar-refractivity contribution in [2.75, 3.05) is 23.0 Å². The van der Waals surface area contributed by atoms with Crippen LogP contribution in [0.3, 0.4) is 0 Å². The van der Waals surface area contributed by atoms with Crippen LogP contribution in [0.4, 0.5) is 11.4 Å². The minimum Gasteiger partial charge on any atom is -0.458 e. The SMILES string of the molecule is c1ccc(CN(Cc2ccc(O[C@H]3OCCO[C@H]3Oc3ccc(CN(Cc4ccccc4)c4ccccc4)cc3)cc2)c2ccccc2)cc1. The fourth-order valence-electron chi connectivity index (χ4n) is 6.08. The maximum absolute atomic E-state index is 6.27. The van der Waals surface area contributed by atoms with E-state index in [4.69, 9.17) is 18.9 Å². The summed E-state index contributed by atoms with van der Waals surface area (Å²) >= 11 is 0. The van der Waals surface area contributed by atoms with Gasteiger partial charge in [0.2, 0.25) is 0 Å². The number of nitrogens with zero attached hydrogens (tertiary/aromatic N) is 2. The number of rotatable bonds is 14. The molecule has 50 heavy (non-hydrogen) atoms. The summed E-state index contributed by atoms with van der Waals surface area (Å²) in [6.07, 6.45) is -1.40. The molecule has 0 unspecified atom stereocenters. The third-order valence-electron chi connectivity index (χ3n) is 8.64. The van der Waals surface area contributed by atoms with Crippen LogP contribution in [0.15, 0.2) is 170 Å². The fraction of sp³-hybridized carbons (Fsp3) is 0.182. The van der Waals surface area contributed by atoms with Gasteiger partial charge in [-0.3, -0.25) is 0 Å². The Morgan fingerprint density at radius 3 is 1.02 bits per heavy atom. The van der Waals surface area contributed by atoms with E-state index < -0.39 is 12.6 Å². The second-order valence-corrected chi connectivity index (χ2v) is 12.4. The molecular formula is C44H42N2O4. The smallest absolute Gasteiger partial charge is 0.263 e. The lowest BCUT2D eigenvalue weighted by Crippen LogP contribution is -2.45. The Labute approximate surface area is 295 Å². The molecule has 1 fully saturated rings. The topological polar surface area (TPSA) is 43.4 Å². The van der Waals surface area contributed by atoms with Gasteiger partial charge in [-0.25, -0.2) is 0 Å². The zero-order valence-corrected chi connectivity index (χ0v) is 28.1. The van der Waals surface area contributed by atoms with E-state index in [1.165, 1.54) is 33.6 Å². The number of para-hydroxylation sites is 2. The summed E-state index contributed by atoms with van der Waals surface area (Å²) in [7, 11) is 0. The number of hydrogen-bond acceptors (Lipinski definition) is 6. The first-order valence-corrected chi connectivity index (χ1v) is 17.2. The van der Waals surface area contributed by atoms with Crippen LogP contribution in [-0.4, -0.2) is 25.8 Å². The monoisotopic (exact) mass is 662 g/mol. The predicted molar refractivity (Wildman–Crippen MR) is 199 cm³/mol. The van der Waals surface area contributed by atoms with Gasteiger partial charge in [-0.15, -0.1) is 0 Å². The molecule has 6 aromatic rings.